The second-order valence-electron chi connectivity index (χ2n) is 6.21. The first-order chi connectivity index (χ1) is 10.8. The summed E-state index contributed by atoms with van der Waals surface area (Å²) in [5.41, 5.74) is 2.49. The summed E-state index contributed by atoms with van der Waals surface area (Å²) in [6.07, 6.45) is 3.47. The largest absolute Gasteiger partial charge is 0.463 e. The van der Waals surface area contributed by atoms with Gasteiger partial charge in [0, 0.05) is 6.08 Å². The van der Waals surface area contributed by atoms with Crippen molar-refractivity contribution in [2.24, 2.45) is 0 Å². The summed E-state index contributed by atoms with van der Waals surface area (Å²) in [5, 5.41) is 0.693. The molecule has 0 atom stereocenters. The maximum atomic E-state index is 11.6. The molecule has 0 radical (unpaired) electrons. The van der Waals surface area contributed by atoms with Crippen molar-refractivity contribution in [3.63, 3.8) is 0 Å². The van der Waals surface area contributed by atoms with Crippen molar-refractivity contribution in [2.45, 2.75) is 33.1 Å². The van der Waals surface area contributed by atoms with E-state index in [9.17, 15) is 4.79 Å². The monoisotopic (exact) mass is 347 g/mol. The lowest BCUT2D eigenvalue weighted by Gasteiger charge is -2.18. The van der Waals surface area contributed by atoms with Crippen molar-refractivity contribution >= 4 is 41.7 Å². The summed E-state index contributed by atoms with van der Waals surface area (Å²) in [6, 6.07) is 8.42. The van der Waals surface area contributed by atoms with Gasteiger partial charge in [-0.2, -0.15) is 0 Å². The Balaban J connectivity index is 2.44. The van der Waals surface area contributed by atoms with E-state index >= 15 is 0 Å². The van der Waals surface area contributed by atoms with Crippen LogP contribution in [0.25, 0.3) is 12.2 Å². The summed E-state index contributed by atoms with van der Waals surface area (Å²) in [5.74, 6) is -0.366. The Morgan fingerprint density at radius 3 is 2.52 bits per heavy atom. The first-order valence-corrected chi connectivity index (χ1v) is 8.72. The van der Waals surface area contributed by atoms with Crippen molar-refractivity contribution < 1.29 is 9.53 Å². The zero-order chi connectivity index (χ0) is 17.0. The molecule has 1 N–H and O–H groups in total. The van der Waals surface area contributed by atoms with Gasteiger partial charge >= 0.3 is 5.97 Å². The van der Waals surface area contributed by atoms with Gasteiger partial charge in [-0.3, -0.25) is 0 Å². The normalized spacial score (nSPS) is 13.4. The summed E-state index contributed by atoms with van der Waals surface area (Å²) in [6.45, 7) is 8.71. The zero-order valence-electron chi connectivity index (χ0n) is 13.8. The van der Waals surface area contributed by atoms with E-state index in [-0.39, 0.29) is 11.4 Å². The topological polar surface area (TPSA) is 42.1 Å². The molecule has 1 aromatic heterocycles. The van der Waals surface area contributed by atoms with Crippen LogP contribution in [0.3, 0.4) is 0 Å². The molecule has 0 fully saturated rings. The minimum Gasteiger partial charge on any atom is -0.463 e. The van der Waals surface area contributed by atoms with Crippen LogP contribution in [-0.4, -0.2) is 17.6 Å². The predicted molar refractivity (Wildman–Crippen MR) is 98.6 cm³/mol. The van der Waals surface area contributed by atoms with E-state index in [0.717, 1.165) is 10.1 Å². The van der Waals surface area contributed by atoms with E-state index in [2.05, 4.69) is 50.0 Å². The van der Waals surface area contributed by atoms with E-state index in [4.69, 9.17) is 17.0 Å². The van der Waals surface area contributed by atoms with Gasteiger partial charge in [0.05, 0.1) is 16.5 Å². The third-order valence-electron chi connectivity index (χ3n) is 3.33. The van der Waals surface area contributed by atoms with Crippen LogP contribution in [0.15, 0.2) is 24.3 Å². The van der Waals surface area contributed by atoms with E-state index in [1.165, 1.54) is 23.0 Å². The number of H-pyrrole nitrogens is 1. The Morgan fingerprint density at radius 2 is 1.96 bits per heavy atom. The smallest absolute Gasteiger partial charge is 0.332 e. The van der Waals surface area contributed by atoms with Gasteiger partial charge in [0.2, 0.25) is 0 Å². The summed E-state index contributed by atoms with van der Waals surface area (Å²) >= 11 is 6.64. The van der Waals surface area contributed by atoms with Crippen LogP contribution in [0.4, 0.5) is 0 Å². The molecule has 2 rings (SSSR count). The number of hydrogen-bond donors (Lipinski definition) is 1. The molecule has 3 nitrogen and oxygen atoms in total. The predicted octanol–water partition coefficient (Wildman–Crippen LogP) is 3.28. The molecule has 23 heavy (non-hydrogen) atoms. The van der Waals surface area contributed by atoms with E-state index in [1.807, 2.05) is 6.08 Å². The second kappa shape index (κ2) is 7.23. The average Bonchev–Trinajstić information content (AvgIpc) is 2.78. The third-order valence-corrected chi connectivity index (χ3v) is 4.53. The maximum absolute atomic E-state index is 11.6. The van der Waals surface area contributed by atoms with Crippen LogP contribution in [0.1, 0.15) is 38.8 Å². The maximum Gasteiger partial charge on any atom is 0.332 e. The van der Waals surface area contributed by atoms with Crippen molar-refractivity contribution in [3.8, 4) is 0 Å². The molecule has 0 amide bonds. The molecule has 1 aromatic carbocycles. The first-order valence-electron chi connectivity index (χ1n) is 7.49. The average molecular weight is 348 g/mol. The van der Waals surface area contributed by atoms with E-state index in [0.29, 0.717) is 15.9 Å². The van der Waals surface area contributed by atoms with Gasteiger partial charge in [0.15, 0.2) is 3.95 Å². The van der Waals surface area contributed by atoms with Crippen LogP contribution in [0.2, 0.25) is 0 Å². The lowest BCUT2D eigenvalue weighted by atomic mass is 9.87. The number of rotatable bonds is 3. The Kier molecular flexibility index (Phi) is 5.55. The molecule has 0 bridgehead atoms. The van der Waals surface area contributed by atoms with Gasteiger partial charge in [-0.25, -0.2) is 4.79 Å². The SMILES string of the molecule is CCOC(=O)/C=c1\[nH]c(=S)s\c1=C/c1ccc(C(C)(C)C)cc1. The molecule has 122 valence electrons. The number of aromatic nitrogens is 1. The highest BCUT2D eigenvalue weighted by atomic mass is 32.1. The molecule has 0 saturated heterocycles. The van der Waals surface area contributed by atoms with Gasteiger partial charge in [-0.1, -0.05) is 45.0 Å². The van der Waals surface area contributed by atoms with Crippen molar-refractivity contribution in [2.75, 3.05) is 6.61 Å². The highest BCUT2D eigenvalue weighted by Crippen LogP contribution is 2.22. The molecule has 0 aliphatic rings. The Labute approximate surface area is 145 Å². The molecule has 0 spiro atoms. The number of thiazole rings is 1. The van der Waals surface area contributed by atoms with Crippen LogP contribution >= 0.6 is 23.6 Å². The zero-order valence-corrected chi connectivity index (χ0v) is 15.4. The lowest BCUT2D eigenvalue weighted by Crippen LogP contribution is -2.23. The quantitative estimate of drug-likeness (QED) is 0.684. The van der Waals surface area contributed by atoms with Crippen LogP contribution < -0.4 is 9.88 Å². The lowest BCUT2D eigenvalue weighted by molar-refractivity contribution is -0.135. The van der Waals surface area contributed by atoms with Crippen LogP contribution in [-0.2, 0) is 14.9 Å². The Morgan fingerprint density at radius 1 is 1.30 bits per heavy atom. The van der Waals surface area contributed by atoms with Crippen molar-refractivity contribution in [1.29, 1.82) is 0 Å². The first kappa shape index (κ1) is 17.6. The number of carbonyl (C=O) groups excluding carboxylic acids is 1. The second-order valence-corrected chi connectivity index (χ2v) is 7.92. The molecule has 2 aromatic rings. The fourth-order valence-electron chi connectivity index (χ4n) is 2.10. The highest BCUT2D eigenvalue weighted by molar-refractivity contribution is 7.73. The van der Waals surface area contributed by atoms with Gasteiger partial charge in [0.1, 0.15) is 0 Å². The number of benzene rings is 1. The molecule has 5 heteroatoms. The third kappa shape index (κ3) is 4.88. The Bertz CT molecular complexity index is 852. The fourth-order valence-corrected chi connectivity index (χ4v) is 3.25. The van der Waals surface area contributed by atoms with Crippen molar-refractivity contribution in [1.82, 2.24) is 4.98 Å². The Hall–Kier alpha value is -1.72. The summed E-state index contributed by atoms with van der Waals surface area (Å²) in [4.78, 5) is 14.7. The van der Waals surface area contributed by atoms with Crippen LogP contribution in [0.5, 0.6) is 0 Å². The molecule has 0 unspecified atom stereocenters. The molecule has 1 heterocycles. The van der Waals surface area contributed by atoms with Gasteiger partial charge in [-0.15, -0.1) is 11.3 Å². The molecular weight excluding hydrogens is 326 g/mol. The standard InChI is InChI=1S/C18H21NO2S2/c1-5-21-16(20)11-14-15(23-17(22)19-14)10-12-6-8-13(9-7-12)18(2,3)4/h6-11H,5H2,1-4H3,(H,19,22)/b14-11-,15-10-. The number of esters is 1. The minimum atomic E-state index is -0.366. The van der Waals surface area contributed by atoms with E-state index in [1.54, 1.807) is 6.92 Å². The van der Waals surface area contributed by atoms with E-state index < -0.39 is 0 Å². The number of carbonyl (C=O) groups is 1. The number of nitrogens with one attached hydrogen (secondary N) is 1. The van der Waals surface area contributed by atoms with Crippen LogP contribution in [0, 0.1) is 3.95 Å². The highest BCUT2D eigenvalue weighted by Gasteiger charge is 2.12. The molecular formula is C18H21NO2S2. The fraction of sp³-hybridized carbons (Fsp3) is 0.333. The van der Waals surface area contributed by atoms with Gasteiger partial charge in [0.25, 0.3) is 0 Å². The van der Waals surface area contributed by atoms with Crippen molar-refractivity contribution in [3.05, 3.63) is 49.2 Å². The number of aromatic amines is 1. The number of hydrogen-bond acceptors (Lipinski definition) is 4. The minimum absolute atomic E-state index is 0.131. The van der Waals surface area contributed by atoms with Gasteiger partial charge in [-0.05, 0) is 41.8 Å². The summed E-state index contributed by atoms with van der Waals surface area (Å²) < 4.78 is 6.52. The molecule has 0 saturated carbocycles. The number of ether oxygens (including phenoxy) is 1. The summed E-state index contributed by atoms with van der Waals surface area (Å²) in [7, 11) is 0. The van der Waals surface area contributed by atoms with Gasteiger partial charge < -0.3 is 9.72 Å². The molecule has 0 aliphatic heterocycles. The molecule has 0 aliphatic carbocycles.